The molecule has 1 unspecified atom stereocenters. The van der Waals surface area contributed by atoms with Crippen LogP contribution in [-0.4, -0.2) is 6.54 Å². The van der Waals surface area contributed by atoms with Gasteiger partial charge in [0.15, 0.2) is 0 Å². The average molecular weight is 357 g/mol. The van der Waals surface area contributed by atoms with Gasteiger partial charge in [-0.15, -0.1) is 0 Å². The van der Waals surface area contributed by atoms with Crippen LogP contribution in [0.25, 0.3) is 0 Å². The van der Waals surface area contributed by atoms with Crippen molar-refractivity contribution in [3.63, 3.8) is 0 Å². The average Bonchev–Trinajstić information content (AvgIpc) is 2.44. The zero-order valence-corrected chi connectivity index (χ0v) is 13.3. The third-order valence-electron chi connectivity index (χ3n) is 3.31. The van der Waals surface area contributed by atoms with E-state index in [1.54, 1.807) is 12.1 Å². The maximum Gasteiger partial charge on any atom is 0.141 e. The van der Waals surface area contributed by atoms with Crippen molar-refractivity contribution < 1.29 is 4.39 Å². The topological polar surface area (TPSA) is 26.0 Å². The molecule has 106 valence electrons. The second-order valence-electron chi connectivity index (χ2n) is 4.85. The predicted molar refractivity (Wildman–Crippen MR) is 85.5 cm³/mol. The van der Waals surface area contributed by atoms with Crippen LogP contribution in [0.1, 0.15) is 11.1 Å². The summed E-state index contributed by atoms with van der Waals surface area (Å²) in [4.78, 5) is 0. The van der Waals surface area contributed by atoms with E-state index in [2.05, 4.69) is 22.0 Å². The lowest BCUT2D eigenvalue weighted by Crippen LogP contribution is -2.19. The van der Waals surface area contributed by atoms with Gasteiger partial charge < -0.3 is 5.73 Å². The molecule has 2 N–H and O–H groups in total. The summed E-state index contributed by atoms with van der Waals surface area (Å²) in [5, 5.41) is 0.166. The number of nitrogens with two attached hydrogens (primary N) is 1. The van der Waals surface area contributed by atoms with Crippen LogP contribution in [0.5, 0.6) is 0 Å². The first-order valence-electron chi connectivity index (χ1n) is 6.47. The number of rotatable bonds is 5. The summed E-state index contributed by atoms with van der Waals surface area (Å²) in [6.07, 6.45) is 1.67. The molecule has 0 aliphatic rings. The lowest BCUT2D eigenvalue weighted by atomic mass is 9.92. The van der Waals surface area contributed by atoms with Gasteiger partial charge in [-0.3, -0.25) is 0 Å². The van der Waals surface area contributed by atoms with Crippen LogP contribution in [0.2, 0.25) is 5.02 Å². The van der Waals surface area contributed by atoms with Gasteiger partial charge in [0.25, 0.3) is 0 Å². The lowest BCUT2D eigenvalue weighted by molar-refractivity contribution is 0.531. The molecule has 0 aliphatic heterocycles. The molecule has 1 atom stereocenters. The van der Waals surface area contributed by atoms with Gasteiger partial charge in [0.05, 0.1) is 5.02 Å². The Labute approximate surface area is 132 Å². The molecule has 0 bridgehead atoms. The summed E-state index contributed by atoms with van der Waals surface area (Å²) in [6.45, 7) is 0.580. The fourth-order valence-corrected chi connectivity index (χ4v) is 2.86. The summed E-state index contributed by atoms with van der Waals surface area (Å²) in [6, 6.07) is 13.0. The molecule has 0 aliphatic carbocycles. The summed E-state index contributed by atoms with van der Waals surface area (Å²) in [7, 11) is 0. The minimum absolute atomic E-state index is 0.166. The molecular formula is C16H16BrClFN. The number of benzene rings is 2. The smallest absolute Gasteiger partial charge is 0.141 e. The molecule has 2 aromatic carbocycles. The second kappa shape index (κ2) is 7.21. The molecule has 0 radical (unpaired) electrons. The van der Waals surface area contributed by atoms with Crippen molar-refractivity contribution in [2.75, 3.05) is 6.54 Å². The van der Waals surface area contributed by atoms with Gasteiger partial charge in [-0.1, -0.05) is 51.8 Å². The van der Waals surface area contributed by atoms with Crippen LogP contribution < -0.4 is 5.73 Å². The van der Waals surface area contributed by atoms with Crippen LogP contribution >= 0.6 is 27.5 Å². The van der Waals surface area contributed by atoms with E-state index in [-0.39, 0.29) is 10.8 Å². The highest BCUT2D eigenvalue weighted by Crippen LogP contribution is 2.23. The largest absolute Gasteiger partial charge is 0.330 e. The van der Waals surface area contributed by atoms with Crippen molar-refractivity contribution in [3.05, 3.63) is 68.9 Å². The van der Waals surface area contributed by atoms with Crippen LogP contribution in [0.3, 0.4) is 0 Å². The molecule has 0 heterocycles. The van der Waals surface area contributed by atoms with Crippen molar-refractivity contribution >= 4 is 27.5 Å². The van der Waals surface area contributed by atoms with Gasteiger partial charge >= 0.3 is 0 Å². The van der Waals surface area contributed by atoms with Gasteiger partial charge in [-0.05, 0) is 54.6 Å². The zero-order valence-electron chi connectivity index (χ0n) is 11.0. The Morgan fingerprint density at radius 1 is 1.15 bits per heavy atom. The number of halogens is 3. The molecule has 2 aromatic rings. The van der Waals surface area contributed by atoms with Crippen molar-refractivity contribution in [1.82, 2.24) is 0 Å². The van der Waals surface area contributed by atoms with E-state index in [0.717, 1.165) is 22.9 Å². The van der Waals surface area contributed by atoms with Gasteiger partial charge in [0.1, 0.15) is 5.82 Å². The van der Waals surface area contributed by atoms with E-state index in [1.807, 2.05) is 18.2 Å². The van der Waals surface area contributed by atoms with Crippen molar-refractivity contribution in [2.45, 2.75) is 12.8 Å². The molecule has 0 amide bonds. The van der Waals surface area contributed by atoms with Gasteiger partial charge in [-0.2, -0.15) is 0 Å². The Morgan fingerprint density at radius 2 is 1.90 bits per heavy atom. The van der Waals surface area contributed by atoms with E-state index in [9.17, 15) is 4.39 Å². The fraction of sp³-hybridized carbons (Fsp3) is 0.250. The molecule has 0 fully saturated rings. The van der Waals surface area contributed by atoms with Crippen LogP contribution in [0.4, 0.5) is 4.39 Å². The van der Waals surface area contributed by atoms with Gasteiger partial charge in [0, 0.05) is 4.47 Å². The SMILES string of the molecule is NCC(Cc1ccc(F)c(Cl)c1)Cc1ccccc1Br. The fourth-order valence-electron chi connectivity index (χ4n) is 2.21. The minimum atomic E-state index is -0.384. The van der Waals surface area contributed by atoms with Crippen LogP contribution in [-0.2, 0) is 12.8 Å². The number of hydrogen-bond acceptors (Lipinski definition) is 1. The quantitative estimate of drug-likeness (QED) is 0.832. The van der Waals surface area contributed by atoms with E-state index < -0.39 is 0 Å². The normalized spacial score (nSPS) is 12.4. The van der Waals surface area contributed by atoms with Gasteiger partial charge in [0.2, 0.25) is 0 Å². The van der Waals surface area contributed by atoms with Gasteiger partial charge in [-0.25, -0.2) is 4.39 Å². The first-order chi connectivity index (χ1) is 9.60. The molecule has 2 rings (SSSR count). The van der Waals surface area contributed by atoms with Crippen molar-refractivity contribution in [3.8, 4) is 0 Å². The highest BCUT2D eigenvalue weighted by molar-refractivity contribution is 9.10. The van der Waals surface area contributed by atoms with E-state index in [4.69, 9.17) is 17.3 Å². The predicted octanol–water partition coefficient (Wildman–Crippen LogP) is 4.60. The Hall–Kier alpha value is -0.900. The monoisotopic (exact) mass is 355 g/mol. The lowest BCUT2D eigenvalue weighted by Gasteiger charge is -2.16. The zero-order chi connectivity index (χ0) is 14.5. The first kappa shape index (κ1) is 15.5. The highest BCUT2D eigenvalue weighted by atomic mass is 79.9. The Kier molecular flexibility index (Phi) is 5.58. The van der Waals surface area contributed by atoms with Crippen molar-refractivity contribution in [1.29, 1.82) is 0 Å². The molecule has 4 heteroatoms. The summed E-state index contributed by atoms with van der Waals surface area (Å²) < 4.78 is 14.2. The summed E-state index contributed by atoms with van der Waals surface area (Å²) >= 11 is 9.36. The molecule has 0 saturated carbocycles. The second-order valence-corrected chi connectivity index (χ2v) is 6.11. The maximum atomic E-state index is 13.2. The summed E-state index contributed by atoms with van der Waals surface area (Å²) in [5.74, 6) is -0.0826. The highest BCUT2D eigenvalue weighted by Gasteiger charge is 2.12. The van der Waals surface area contributed by atoms with Crippen molar-refractivity contribution in [2.24, 2.45) is 11.7 Å². The summed E-state index contributed by atoms with van der Waals surface area (Å²) in [5.41, 5.74) is 8.11. The standard InChI is InChI=1S/C16H16BrClFN/c17-14-4-2-1-3-13(14)8-12(10-20)7-11-5-6-16(19)15(18)9-11/h1-6,9,12H,7-8,10,20H2. The molecule has 20 heavy (non-hydrogen) atoms. The Balaban J connectivity index is 2.09. The molecule has 1 nitrogen and oxygen atoms in total. The van der Waals surface area contributed by atoms with E-state index in [1.165, 1.54) is 11.6 Å². The molecular weight excluding hydrogens is 341 g/mol. The van der Waals surface area contributed by atoms with E-state index in [0.29, 0.717) is 12.5 Å². The molecule has 0 saturated heterocycles. The van der Waals surface area contributed by atoms with Crippen LogP contribution in [0.15, 0.2) is 46.9 Å². The maximum absolute atomic E-state index is 13.2. The number of hydrogen-bond donors (Lipinski definition) is 1. The Bertz CT molecular complexity index is 588. The third-order valence-corrected chi connectivity index (χ3v) is 4.37. The molecule has 0 aromatic heterocycles. The minimum Gasteiger partial charge on any atom is -0.330 e. The third kappa shape index (κ3) is 4.05. The Morgan fingerprint density at radius 3 is 2.55 bits per heavy atom. The van der Waals surface area contributed by atoms with Crippen LogP contribution in [0, 0.1) is 11.7 Å². The van der Waals surface area contributed by atoms with E-state index >= 15 is 0 Å². The molecule has 0 spiro atoms. The first-order valence-corrected chi connectivity index (χ1v) is 7.64.